The molecule has 8 N–H and O–H groups in total. The van der Waals surface area contributed by atoms with Gasteiger partial charge in [0.1, 0.15) is 6.04 Å². The molecule has 3 atom stereocenters. The van der Waals surface area contributed by atoms with Crippen LogP contribution in [0.15, 0.2) is 24.3 Å². The van der Waals surface area contributed by atoms with Crippen molar-refractivity contribution >= 4 is 51.5 Å². The molecule has 0 aliphatic heterocycles. The highest BCUT2D eigenvalue weighted by atomic mass is 32.2. The lowest BCUT2D eigenvalue weighted by molar-refractivity contribution is -0.144. The molecule has 4 amide bonds. The van der Waals surface area contributed by atoms with Crippen LogP contribution in [-0.4, -0.2) is 88.9 Å². The van der Waals surface area contributed by atoms with Crippen LogP contribution < -0.4 is 21.7 Å². The number of hydrogen-bond acceptors (Lipinski definition) is 9. The van der Waals surface area contributed by atoms with Crippen LogP contribution in [0.1, 0.15) is 176 Å². The number of nitrogens with two attached hydrogens (primary N) is 1. The normalized spacial score (nSPS) is 12.8. The molecule has 0 aliphatic rings. The second-order valence-electron chi connectivity index (χ2n) is 16.1. The predicted octanol–water partition coefficient (Wildman–Crippen LogP) is 6.17. The van der Waals surface area contributed by atoms with Crippen molar-refractivity contribution in [1.82, 2.24) is 16.0 Å². The Bertz CT molecular complexity index is 1600. The van der Waals surface area contributed by atoms with E-state index >= 15 is 0 Å². The van der Waals surface area contributed by atoms with E-state index in [0.29, 0.717) is 31.4 Å². The third-order valence-corrected chi connectivity index (χ3v) is 11.4. The van der Waals surface area contributed by atoms with Crippen LogP contribution in [0.5, 0.6) is 0 Å². The molecule has 0 spiro atoms. The van der Waals surface area contributed by atoms with Gasteiger partial charge in [-0.2, -0.15) is 8.42 Å². The van der Waals surface area contributed by atoms with Gasteiger partial charge in [-0.15, -0.1) is 0 Å². The lowest BCUT2D eigenvalue weighted by Gasteiger charge is -2.20. The fourth-order valence-corrected chi connectivity index (χ4v) is 7.45. The highest BCUT2D eigenvalue weighted by Gasteiger charge is 2.29. The van der Waals surface area contributed by atoms with Crippen molar-refractivity contribution in [1.29, 1.82) is 0 Å². The molecule has 346 valence electrons. The average Bonchev–Trinajstić information content (AvgIpc) is 3.19. The van der Waals surface area contributed by atoms with Gasteiger partial charge in [-0.05, 0) is 64.0 Å². The molecule has 0 aliphatic carbocycles. The first kappa shape index (κ1) is 54.6. The number of carbonyl (C=O) groups excluding carboxylic acids is 5. The van der Waals surface area contributed by atoms with Crippen LogP contribution >= 0.6 is 0 Å². The van der Waals surface area contributed by atoms with E-state index in [9.17, 15) is 51.6 Å². The van der Waals surface area contributed by atoms with Crippen molar-refractivity contribution in [2.45, 2.75) is 180 Å². The quantitative estimate of drug-likeness (QED) is 0.0290. The van der Waals surface area contributed by atoms with Gasteiger partial charge in [0.15, 0.2) is 5.78 Å². The second kappa shape index (κ2) is 32.3. The highest BCUT2D eigenvalue weighted by Crippen LogP contribution is 2.17. The van der Waals surface area contributed by atoms with Crippen LogP contribution in [0.2, 0.25) is 0 Å². The van der Waals surface area contributed by atoms with Gasteiger partial charge in [-0.1, -0.05) is 108 Å². The number of rotatable bonds is 38. The largest absolute Gasteiger partial charge is 0.481 e. The summed E-state index contributed by atoms with van der Waals surface area (Å²) < 4.78 is 32.2. The Hall–Kier alpha value is -4.38. The van der Waals surface area contributed by atoms with Gasteiger partial charge in [0.25, 0.3) is 16.0 Å². The zero-order valence-corrected chi connectivity index (χ0v) is 37.0. The van der Waals surface area contributed by atoms with E-state index in [1.807, 2.05) is 19.1 Å². The number of unbranched alkanes of at least 4 members (excludes halogenated alkanes) is 16. The summed E-state index contributed by atoms with van der Waals surface area (Å²) in [5.74, 6) is -7.22. The van der Waals surface area contributed by atoms with Crippen molar-refractivity contribution < 1.29 is 56.7 Å². The first-order valence-electron chi connectivity index (χ1n) is 22.1. The van der Waals surface area contributed by atoms with E-state index in [1.165, 1.54) is 38.5 Å². The number of ketones is 1. The van der Waals surface area contributed by atoms with E-state index < -0.39 is 82.2 Å². The van der Waals surface area contributed by atoms with Crippen LogP contribution in [0.3, 0.4) is 0 Å². The summed E-state index contributed by atoms with van der Waals surface area (Å²) in [5.41, 5.74) is 7.01. The molecule has 0 fully saturated rings. The first-order chi connectivity index (χ1) is 29.0. The van der Waals surface area contributed by atoms with Crippen molar-refractivity contribution in [2.75, 3.05) is 12.3 Å². The summed E-state index contributed by atoms with van der Waals surface area (Å²) >= 11 is 0. The van der Waals surface area contributed by atoms with Crippen LogP contribution in [0.4, 0.5) is 0 Å². The molecule has 17 heteroatoms. The fourth-order valence-electron chi connectivity index (χ4n) is 6.92. The summed E-state index contributed by atoms with van der Waals surface area (Å²) in [7, 11) is -4.49. The zero-order valence-electron chi connectivity index (χ0n) is 36.1. The van der Waals surface area contributed by atoms with Gasteiger partial charge in [0.2, 0.25) is 17.7 Å². The second-order valence-corrected chi connectivity index (χ2v) is 17.7. The van der Waals surface area contributed by atoms with E-state index in [-0.39, 0.29) is 38.0 Å². The van der Waals surface area contributed by atoms with Crippen molar-refractivity contribution in [3.63, 3.8) is 0 Å². The molecule has 1 rings (SSSR count). The van der Waals surface area contributed by atoms with Gasteiger partial charge >= 0.3 is 11.9 Å². The molecule has 0 heterocycles. The van der Waals surface area contributed by atoms with Gasteiger partial charge in [0.05, 0.1) is 17.7 Å². The molecule has 0 bridgehead atoms. The maximum atomic E-state index is 13.2. The Labute approximate surface area is 362 Å². The lowest BCUT2D eigenvalue weighted by Crippen LogP contribution is -2.45. The van der Waals surface area contributed by atoms with Gasteiger partial charge in [0, 0.05) is 37.8 Å². The Morgan fingerprint density at radius 3 is 1.56 bits per heavy atom. The lowest BCUT2D eigenvalue weighted by atomic mass is 9.93. The number of carbonyl (C=O) groups is 7. The van der Waals surface area contributed by atoms with Crippen molar-refractivity contribution in [3.8, 4) is 0 Å². The minimum atomic E-state index is -4.49. The minimum absolute atomic E-state index is 0.0869. The third-order valence-electron chi connectivity index (χ3n) is 10.6. The van der Waals surface area contributed by atoms with E-state index in [0.717, 1.165) is 63.4 Å². The van der Waals surface area contributed by atoms with Gasteiger partial charge in [-0.3, -0.25) is 38.1 Å². The summed E-state index contributed by atoms with van der Waals surface area (Å²) in [6.07, 6.45) is 16.6. The molecule has 1 aromatic rings. The number of benzene rings is 1. The number of carboxylic acids is 2. The van der Waals surface area contributed by atoms with E-state index in [4.69, 9.17) is 10.8 Å². The molecule has 0 saturated heterocycles. The van der Waals surface area contributed by atoms with Crippen LogP contribution in [0.25, 0.3) is 0 Å². The fraction of sp³-hybridized carbons (Fsp3) is 0.705. The molecule has 61 heavy (non-hydrogen) atoms. The molecule has 0 aromatic heterocycles. The Balaban J connectivity index is 2.40. The van der Waals surface area contributed by atoms with E-state index in [1.54, 1.807) is 12.1 Å². The molecular formula is C44H72N4O12S. The number of nitrogens with one attached hydrogen (secondary N) is 3. The number of aliphatic carboxylic acids is 2. The number of primary amides is 1. The molecule has 3 unspecified atom stereocenters. The average molecular weight is 881 g/mol. The zero-order chi connectivity index (χ0) is 45.5. The van der Waals surface area contributed by atoms with Gasteiger partial charge in [-0.25, -0.2) is 0 Å². The Morgan fingerprint density at radius 2 is 1.08 bits per heavy atom. The third kappa shape index (κ3) is 29.5. The highest BCUT2D eigenvalue weighted by molar-refractivity contribution is 7.85. The molecule has 0 radical (unpaired) electrons. The summed E-state index contributed by atoms with van der Waals surface area (Å²) in [6.45, 7) is 2.24. The summed E-state index contributed by atoms with van der Waals surface area (Å²) in [5, 5.41) is 26.3. The number of carboxylic acid groups (broad SMARTS) is 2. The number of Topliss-reactive ketones (excluding diaryl/α,β-unsaturated/α-hetero) is 1. The van der Waals surface area contributed by atoms with Crippen LogP contribution in [0, 0.1) is 12.8 Å². The topological polar surface area (TPSA) is 276 Å². The van der Waals surface area contributed by atoms with E-state index in [2.05, 4.69) is 16.0 Å². The van der Waals surface area contributed by atoms with Gasteiger partial charge < -0.3 is 31.9 Å². The maximum absolute atomic E-state index is 13.2. The summed E-state index contributed by atoms with van der Waals surface area (Å²) in [6, 6.07) is 4.68. The monoisotopic (exact) mass is 880 g/mol. The molecule has 16 nitrogen and oxygen atoms in total. The van der Waals surface area contributed by atoms with Crippen molar-refractivity contribution in [2.24, 2.45) is 11.7 Å². The maximum Gasteiger partial charge on any atom is 0.306 e. The SMILES string of the molecule is Cc1ccc(C(=O)NCCCCC(NC(=O)CCC(CC(=O)C(CCS(=O)(=O)O)NC(=O)CCCCCCCCCCCCCCCCCCC(=O)O)C(=O)O)C(N)=O)cc1. The first-order valence-corrected chi connectivity index (χ1v) is 23.7. The minimum Gasteiger partial charge on any atom is -0.481 e. The molecular weight excluding hydrogens is 809 g/mol. The number of amides is 4. The number of aryl methyl sites for hydroxylation is 1. The predicted molar refractivity (Wildman–Crippen MR) is 232 cm³/mol. The Kier molecular flexibility index (Phi) is 29.0. The molecule has 0 saturated carbocycles. The number of hydrogen-bond donors (Lipinski definition) is 7. The molecule has 1 aromatic carbocycles. The smallest absolute Gasteiger partial charge is 0.306 e. The van der Waals surface area contributed by atoms with Crippen LogP contribution in [-0.2, 0) is 38.9 Å². The van der Waals surface area contributed by atoms with Crippen molar-refractivity contribution in [3.05, 3.63) is 35.4 Å². The Morgan fingerprint density at radius 1 is 0.607 bits per heavy atom. The summed E-state index contributed by atoms with van der Waals surface area (Å²) in [4.78, 5) is 85.6. The standard InChI is InChI=1S/C44H72N4O12S/c1-33-23-25-34(26-24-33)43(55)46-30-19-18-20-37(42(45)54)48-40(51)28-27-35(44(56)57)32-38(49)36(29-31-61(58,59)60)47-39(50)21-16-14-12-10-8-6-4-2-3-5-7-9-11-13-15-17-22-41(52)53/h23-26,35-37H,2-22,27-32H2,1H3,(H2,45,54)(H,46,55)(H,47,50)(H,48,51)(H,52,53)(H,56,57)(H,58,59,60).